The Morgan fingerprint density at radius 3 is 2.49 bits per heavy atom. The molecule has 0 saturated carbocycles. The molecule has 3 rings (SSSR count). The molecule has 3 heterocycles. The van der Waals surface area contributed by atoms with E-state index in [0.29, 0.717) is 36.4 Å². The molecule has 1 saturated heterocycles. The van der Waals surface area contributed by atoms with Crippen molar-refractivity contribution in [2.75, 3.05) is 36.2 Å². The van der Waals surface area contributed by atoms with Crippen molar-refractivity contribution < 1.29 is 60.0 Å². The fourth-order valence-electron chi connectivity index (χ4n) is 3.61. The number of thioether (sulfide) groups is 2. The molecule has 0 amide bonds. The molecule has 2 aromatic rings. The molecule has 1 aliphatic heterocycles. The van der Waals surface area contributed by atoms with Crippen molar-refractivity contribution in [3.63, 3.8) is 0 Å². The summed E-state index contributed by atoms with van der Waals surface area (Å²) in [5.41, 5.74) is 0.703. The molecule has 1 fully saturated rings. The number of phosphoric acid groups is 1. The van der Waals surface area contributed by atoms with Gasteiger partial charge in [-0.25, -0.2) is 23.8 Å². The van der Waals surface area contributed by atoms with Crippen molar-refractivity contribution >= 4 is 86.7 Å². The van der Waals surface area contributed by atoms with Gasteiger partial charge in [0.2, 0.25) is 0 Å². The third kappa shape index (κ3) is 10.2. The van der Waals surface area contributed by atoms with Gasteiger partial charge < -0.3 is 29.6 Å². The highest BCUT2D eigenvalue weighted by atomic mass is 35.5. The van der Waals surface area contributed by atoms with Crippen LogP contribution in [0.3, 0.4) is 0 Å². The van der Waals surface area contributed by atoms with Crippen LogP contribution in [0.15, 0.2) is 11.5 Å². The van der Waals surface area contributed by atoms with Gasteiger partial charge in [-0.15, -0.1) is 0 Å². The summed E-state index contributed by atoms with van der Waals surface area (Å²) in [6, 6.07) is 0. The minimum Gasteiger partial charge on any atom is -0.367 e. The highest BCUT2D eigenvalue weighted by molar-refractivity contribution is 7.99. The summed E-state index contributed by atoms with van der Waals surface area (Å²) in [4.78, 5) is 50.7. The van der Waals surface area contributed by atoms with E-state index in [2.05, 4.69) is 29.1 Å². The summed E-state index contributed by atoms with van der Waals surface area (Å²) in [5, 5.41) is 3.24. The molecular weight excluding hydrogens is 731 g/mol. The van der Waals surface area contributed by atoms with Gasteiger partial charge in [0.1, 0.15) is 6.23 Å². The number of hydrogen-bond donors (Lipinski definition) is 5. The second-order valence-electron chi connectivity index (χ2n) is 8.85. The van der Waals surface area contributed by atoms with Crippen LogP contribution in [-0.4, -0.2) is 86.1 Å². The van der Waals surface area contributed by atoms with E-state index in [1.54, 1.807) is 16.3 Å². The predicted octanol–water partition coefficient (Wildman–Crippen LogP) is 5.30. The Balaban J connectivity index is 1.66. The Kier molecular flexibility index (Phi) is 12.8. The maximum Gasteiger partial charge on any atom is 0.479 e. The number of rotatable bonds is 16. The van der Waals surface area contributed by atoms with Gasteiger partial charge >= 0.3 is 33.0 Å². The zero-order valence-electron chi connectivity index (χ0n) is 22.0. The number of nitrogens with one attached hydrogen (secondary N) is 1. The maximum absolute atomic E-state index is 12.7. The first-order valence-electron chi connectivity index (χ1n) is 12.0. The van der Waals surface area contributed by atoms with Gasteiger partial charge in [0.15, 0.2) is 22.1 Å². The lowest BCUT2D eigenvalue weighted by atomic mass is 10.2. The molecule has 25 heteroatoms. The van der Waals surface area contributed by atoms with Crippen molar-refractivity contribution in [2.24, 2.45) is 0 Å². The molecule has 0 spiro atoms. The number of ether oxygens (including phenoxy) is 1. The van der Waals surface area contributed by atoms with E-state index in [1.807, 2.05) is 6.26 Å². The molecule has 4 unspecified atom stereocenters. The Bertz CT molecular complexity index is 1420. The smallest absolute Gasteiger partial charge is 0.367 e. The molecule has 0 bridgehead atoms. The fraction of sp³-hybridized carbons (Fsp3) is 0.722. The van der Waals surface area contributed by atoms with Crippen LogP contribution in [-0.2, 0) is 27.3 Å². The summed E-state index contributed by atoms with van der Waals surface area (Å²) < 4.78 is 86.0. The lowest BCUT2D eigenvalue weighted by molar-refractivity contribution is -0.129. The van der Waals surface area contributed by atoms with E-state index < -0.39 is 58.4 Å². The molecule has 43 heavy (non-hydrogen) atoms. The van der Waals surface area contributed by atoms with Crippen LogP contribution in [0.25, 0.3) is 11.2 Å². The van der Waals surface area contributed by atoms with Gasteiger partial charge in [-0.1, -0.05) is 35.0 Å². The zero-order chi connectivity index (χ0) is 32.3. The average Bonchev–Trinajstić information content (AvgIpc) is 3.49. The van der Waals surface area contributed by atoms with Crippen LogP contribution in [0.2, 0.25) is 0 Å². The van der Waals surface area contributed by atoms with Crippen LogP contribution in [0.4, 0.5) is 19.0 Å². The minimum atomic E-state index is -5.79. The molecule has 2 aromatic heterocycles. The number of aromatic nitrogens is 4. The normalized spacial score (nSPS) is 21.2. The van der Waals surface area contributed by atoms with E-state index in [0.717, 1.165) is 17.5 Å². The highest BCUT2D eigenvalue weighted by Crippen LogP contribution is 2.79. The molecule has 0 aliphatic carbocycles. The van der Waals surface area contributed by atoms with Gasteiger partial charge in [0.05, 0.1) is 25.5 Å². The second kappa shape index (κ2) is 14.7. The van der Waals surface area contributed by atoms with Gasteiger partial charge in [0.25, 0.3) is 0 Å². The van der Waals surface area contributed by atoms with E-state index in [4.69, 9.17) is 37.7 Å². The third-order valence-electron chi connectivity index (χ3n) is 5.61. The maximum atomic E-state index is 12.7. The van der Waals surface area contributed by atoms with Crippen molar-refractivity contribution in [1.29, 1.82) is 0 Å². The Morgan fingerprint density at radius 2 is 1.86 bits per heavy atom. The van der Waals surface area contributed by atoms with Crippen LogP contribution in [0.1, 0.15) is 31.9 Å². The summed E-state index contributed by atoms with van der Waals surface area (Å²) >= 11 is 12.9. The standard InChI is InChI=1S/C18H27Cl2F3N5O10P3S2/c1-42-9-6-24-14-13-15(27-16(26-14)43-8-5-17(21,22)23)28(10-25-13)12-3-2-11(37-12)4-7-36-41(34,35)38-40(32,33)18(19,20)39(29,30)31/h10-12H,2-9H2,1H3,(H,32,33)(H,34,35)(H,24,26,27)(H2,29,30,31). The topological polar surface area (TPSA) is 215 Å². The molecule has 0 radical (unpaired) electrons. The third-order valence-corrected chi connectivity index (χ3v) is 14.8. The summed E-state index contributed by atoms with van der Waals surface area (Å²) in [6.45, 7) is -0.0238. The van der Waals surface area contributed by atoms with Crippen LogP contribution in [0.5, 0.6) is 0 Å². The van der Waals surface area contributed by atoms with Crippen molar-refractivity contribution in [3.8, 4) is 0 Å². The van der Waals surface area contributed by atoms with Crippen molar-refractivity contribution in [3.05, 3.63) is 6.33 Å². The SMILES string of the molecule is CSCCNc1nc(SCCC(F)(F)F)nc2c1ncn2C1CCC(CCOP(=O)(O)OP(=O)(O)C(Cl)(Cl)P(=O)(O)O)O1. The van der Waals surface area contributed by atoms with E-state index in [-0.39, 0.29) is 17.3 Å². The van der Waals surface area contributed by atoms with E-state index in [1.165, 1.54) is 6.33 Å². The number of hydrogen-bond acceptors (Lipinski definition) is 12. The van der Waals surface area contributed by atoms with Crippen LogP contribution >= 0.6 is 69.7 Å². The summed E-state index contributed by atoms with van der Waals surface area (Å²) in [6.07, 6.45) is -2.34. The molecule has 15 nitrogen and oxygen atoms in total. The number of phosphoric ester groups is 1. The number of nitrogens with zero attached hydrogens (tertiary/aromatic N) is 4. The first kappa shape index (κ1) is 37.3. The van der Waals surface area contributed by atoms with Crippen LogP contribution < -0.4 is 5.32 Å². The first-order valence-corrected chi connectivity index (χ1v) is 19.9. The molecular formula is C18H27Cl2F3N5O10P3S2. The largest absolute Gasteiger partial charge is 0.479 e. The first-order chi connectivity index (χ1) is 19.8. The Morgan fingerprint density at radius 1 is 1.16 bits per heavy atom. The highest BCUT2D eigenvalue weighted by Gasteiger charge is 2.62. The van der Waals surface area contributed by atoms with E-state index >= 15 is 0 Å². The zero-order valence-corrected chi connectivity index (χ0v) is 27.8. The molecule has 1 aliphatic rings. The average molecular weight is 758 g/mol. The van der Waals surface area contributed by atoms with Gasteiger partial charge in [-0.2, -0.15) is 24.9 Å². The number of anilines is 1. The quantitative estimate of drug-likeness (QED) is 0.0483. The summed E-state index contributed by atoms with van der Waals surface area (Å²) in [5.74, 6) is 0.810. The molecule has 246 valence electrons. The molecule has 5 N–H and O–H groups in total. The number of fused-ring (bicyclic) bond motifs is 1. The number of halogens is 5. The number of imidazole rings is 1. The predicted molar refractivity (Wildman–Crippen MR) is 155 cm³/mol. The Labute approximate surface area is 261 Å². The summed E-state index contributed by atoms with van der Waals surface area (Å²) in [7, 11) is -16.8. The monoisotopic (exact) mass is 757 g/mol. The van der Waals surface area contributed by atoms with Crippen molar-refractivity contribution in [1.82, 2.24) is 19.5 Å². The number of alkyl halides is 5. The van der Waals surface area contributed by atoms with Crippen molar-refractivity contribution in [2.45, 2.75) is 53.2 Å². The lowest BCUT2D eigenvalue weighted by Crippen LogP contribution is -2.16. The molecule has 4 atom stereocenters. The minimum absolute atomic E-state index is 0.0207. The second-order valence-corrected chi connectivity index (χ2v) is 18.9. The fourth-order valence-corrected chi connectivity index (χ4v) is 8.97. The van der Waals surface area contributed by atoms with Gasteiger partial charge in [-0.05, 0) is 25.5 Å². The van der Waals surface area contributed by atoms with E-state index in [9.17, 15) is 36.7 Å². The van der Waals surface area contributed by atoms with Crippen LogP contribution in [0, 0.1) is 0 Å². The molecule has 0 aromatic carbocycles. The Hall–Kier alpha value is -0.170. The lowest BCUT2D eigenvalue weighted by Gasteiger charge is -2.26. The van der Waals surface area contributed by atoms with Gasteiger partial charge in [-0.3, -0.25) is 18.2 Å². The van der Waals surface area contributed by atoms with Gasteiger partial charge in [0, 0.05) is 18.1 Å².